The van der Waals surface area contributed by atoms with E-state index in [4.69, 9.17) is 0 Å². The van der Waals surface area contributed by atoms with Crippen LogP contribution in [0.25, 0.3) is 0 Å². The van der Waals surface area contributed by atoms with Crippen LogP contribution in [0.1, 0.15) is 53.4 Å². The Morgan fingerprint density at radius 3 is 2.33 bits per heavy atom. The number of nitrogens with one attached hydrogen (secondary N) is 1. The van der Waals surface area contributed by atoms with Crippen molar-refractivity contribution in [3.63, 3.8) is 0 Å². The van der Waals surface area contributed by atoms with Crippen molar-refractivity contribution in [3.05, 3.63) is 53.1 Å². The molecule has 27 heavy (non-hydrogen) atoms. The largest absolute Gasteiger partial charge is 0.414 e. The van der Waals surface area contributed by atoms with Gasteiger partial charge in [0.15, 0.2) is 6.04 Å². The van der Waals surface area contributed by atoms with Gasteiger partial charge < -0.3 is 5.32 Å². The molecular weight excluding hydrogens is 353 g/mol. The van der Waals surface area contributed by atoms with Crippen LogP contribution in [0.15, 0.2) is 53.4 Å². The Morgan fingerprint density at radius 2 is 1.89 bits per heavy atom. The number of halogens is 3. The molecule has 0 heterocycles. The second-order valence-corrected chi connectivity index (χ2v) is 7.21. The summed E-state index contributed by atoms with van der Waals surface area (Å²) in [5.74, 6) is 0.682. The van der Waals surface area contributed by atoms with E-state index in [1.54, 1.807) is 0 Å². The maximum Gasteiger partial charge on any atom is 0.414 e. The van der Waals surface area contributed by atoms with Gasteiger partial charge >= 0.3 is 6.18 Å². The summed E-state index contributed by atoms with van der Waals surface area (Å²) < 4.78 is 37.6. The Labute approximate surface area is 161 Å². The number of nitrogens with zero attached hydrogens (tertiary/aromatic N) is 1. The first kappa shape index (κ1) is 25.1. The molecule has 0 amide bonds. The highest BCUT2D eigenvalue weighted by Gasteiger charge is 2.40. The fourth-order valence-corrected chi connectivity index (χ4v) is 2.69. The summed E-state index contributed by atoms with van der Waals surface area (Å²) in [6.45, 7) is 16.6. The first-order valence-electron chi connectivity index (χ1n) is 9.33. The van der Waals surface area contributed by atoms with E-state index in [0.717, 1.165) is 12.8 Å². The standard InChI is InChI=1S/C21H33F3N2O/c1-7-18(13-16(5)19(8-2)11-9-15(3)4)14-25-17(6)10-12-20(26-27)21(22,23)24/h8-9,11,16,18,20,25H,2,6-7,10,12-14H2,1,3-5H3/b19-11+. The minimum atomic E-state index is -4.60. The highest BCUT2D eigenvalue weighted by molar-refractivity contribution is 5.25. The second-order valence-electron chi connectivity index (χ2n) is 7.21. The molecule has 0 aromatic heterocycles. The fourth-order valence-electron chi connectivity index (χ4n) is 2.69. The monoisotopic (exact) mass is 386 g/mol. The van der Waals surface area contributed by atoms with Crippen molar-refractivity contribution in [1.82, 2.24) is 5.32 Å². The van der Waals surface area contributed by atoms with Crippen LogP contribution in [0.4, 0.5) is 13.2 Å². The second kappa shape index (κ2) is 12.5. The molecule has 0 radical (unpaired) electrons. The smallest absolute Gasteiger partial charge is 0.389 e. The molecule has 0 rings (SSSR count). The number of hydrogen-bond donors (Lipinski definition) is 1. The molecule has 3 nitrogen and oxygen atoms in total. The van der Waals surface area contributed by atoms with Crippen molar-refractivity contribution >= 4 is 0 Å². The summed E-state index contributed by atoms with van der Waals surface area (Å²) in [4.78, 5) is 10.3. The van der Waals surface area contributed by atoms with Gasteiger partial charge in [-0.05, 0) is 50.5 Å². The molecule has 154 valence electrons. The molecular formula is C21H33F3N2O. The van der Waals surface area contributed by atoms with Crippen LogP contribution < -0.4 is 5.32 Å². The van der Waals surface area contributed by atoms with E-state index in [1.165, 1.54) is 11.1 Å². The Bertz CT molecular complexity index is 546. The van der Waals surface area contributed by atoms with E-state index in [-0.39, 0.29) is 12.8 Å². The Kier molecular flexibility index (Phi) is 11.7. The molecule has 0 fully saturated rings. The van der Waals surface area contributed by atoms with Gasteiger partial charge in [0.2, 0.25) is 0 Å². The lowest BCUT2D eigenvalue weighted by Crippen LogP contribution is -2.28. The van der Waals surface area contributed by atoms with Crippen LogP contribution in [-0.4, -0.2) is 18.8 Å². The zero-order valence-corrected chi connectivity index (χ0v) is 16.9. The summed E-state index contributed by atoms with van der Waals surface area (Å²) in [6.07, 6.45) is 2.99. The molecule has 0 saturated heterocycles. The highest BCUT2D eigenvalue weighted by Crippen LogP contribution is 2.27. The number of rotatable bonds is 13. The summed E-state index contributed by atoms with van der Waals surface area (Å²) in [5, 5.41) is 5.29. The molecule has 0 aliphatic heterocycles. The summed E-state index contributed by atoms with van der Waals surface area (Å²) in [5.41, 5.74) is 2.88. The van der Waals surface area contributed by atoms with Crippen molar-refractivity contribution in [2.45, 2.75) is 65.6 Å². The van der Waals surface area contributed by atoms with Crippen LogP contribution in [0.5, 0.6) is 0 Å². The fraction of sp³-hybridized carbons (Fsp3) is 0.619. The van der Waals surface area contributed by atoms with E-state index in [9.17, 15) is 18.1 Å². The third-order valence-corrected chi connectivity index (χ3v) is 4.54. The van der Waals surface area contributed by atoms with Gasteiger partial charge in [0.05, 0.1) is 0 Å². The van der Waals surface area contributed by atoms with Crippen molar-refractivity contribution in [1.29, 1.82) is 0 Å². The van der Waals surface area contributed by atoms with Gasteiger partial charge in [-0.1, -0.05) is 62.4 Å². The molecule has 3 atom stereocenters. The zero-order valence-electron chi connectivity index (χ0n) is 16.9. The number of nitroso groups, excluding NO2 is 1. The first-order valence-corrected chi connectivity index (χ1v) is 9.33. The van der Waals surface area contributed by atoms with Crippen LogP contribution in [0.3, 0.4) is 0 Å². The average Bonchev–Trinajstić information content (AvgIpc) is 2.58. The lowest BCUT2D eigenvalue weighted by molar-refractivity contribution is -0.148. The maximum absolute atomic E-state index is 12.5. The van der Waals surface area contributed by atoms with Gasteiger partial charge in [0.1, 0.15) is 0 Å². The molecule has 0 aliphatic rings. The van der Waals surface area contributed by atoms with Gasteiger partial charge in [-0.15, -0.1) is 0 Å². The Morgan fingerprint density at radius 1 is 1.26 bits per heavy atom. The minimum absolute atomic E-state index is 0.0697. The molecule has 6 heteroatoms. The van der Waals surface area contributed by atoms with E-state index in [2.05, 4.69) is 49.7 Å². The van der Waals surface area contributed by atoms with Gasteiger partial charge in [0.25, 0.3) is 0 Å². The molecule has 0 bridgehead atoms. The maximum atomic E-state index is 12.5. The van der Waals surface area contributed by atoms with E-state index >= 15 is 0 Å². The molecule has 0 saturated carbocycles. The quantitative estimate of drug-likeness (QED) is 0.283. The van der Waals surface area contributed by atoms with Crippen LogP contribution in [0, 0.1) is 16.7 Å². The number of allylic oxidation sites excluding steroid dienone is 6. The number of hydrogen-bond acceptors (Lipinski definition) is 3. The summed E-state index contributed by atoms with van der Waals surface area (Å²) in [6, 6.07) is -2.17. The topological polar surface area (TPSA) is 41.5 Å². The molecule has 0 spiro atoms. The van der Waals surface area contributed by atoms with Gasteiger partial charge in [-0.3, -0.25) is 0 Å². The van der Waals surface area contributed by atoms with Crippen molar-refractivity contribution < 1.29 is 13.2 Å². The van der Waals surface area contributed by atoms with Gasteiger partial charge in [-0.2, -0.15) is 18.1 Å². The average molecular weight is 387 g/mol. The van der Waals surface area contributed by atoms with Crippen molar-refractivity contribution in [3.8, 4) is 0 Å². The SMILES string of the molecule is C=C/C(=C\C=C(C)C)C(C)CC(CC)CNC(=C)CCC(N=O)C(F)(F)F. The Hall–Kier alpha value is -1.85. The van der Waals surface area contributed by atoms with Gasteiger partial charge in [0, 0.05) is 12.2 Å². The summed E-state index contributed by atoms with van der Waals surface area (Å²) in [7, 11) is 0. The zero-order chi connectivity index (χ0) is 21.0. The van der Waals surface area contributed by atoms with E-state index in [0.29, 0.717) is 24.1 Å². The lowest BCUT2D eigenvalue weighted by atomic mass is 9.88. The predicted molar refractivity (Wildman–Crippen MR) is 107 cm³/mol. The predicted octanol–water partition coefficient (Wildman–Crippen LogP) is 6.70. The Balaban J connectivity index is 4.58. The summed E-state index contributed by atoms with van der Waals surface area (Å²) >= 11 is 0. The van der Waals surface area contributed by atoms with Gasteiger partial charge in [-0.25, -0.2) is 0 Å². The molecule has 0 aliphatic carbocycles. The highest BCUT2D eigenvalue weighted by atomic mass is 19.4. The third kappa shape index (κ3) is 10.8. The normalized spacial score (nSPS) is 15.4. The van der Waals surface area contributed by atoms with Crippen LogP contribution in [-0.2, 0) is 0 Å². The minimum Gasteiger partial charge on any atom is -0.389 e. The van der Waals surface area contributed by atoms with Crippen LogP contribution >= 0.6 is 0 Å². The first-order chi connectivity index (χ1) is 12.5. The molecule has 0 aromatic carbocycles. The van der Waals surface area contributed by atoms with E-state index < -0.39 is 12.2 Å². The molecule has 0 aromatic rings. The lowest BCUT2D eigenvalue weighted by Gasteiger charge is -2.22. The molecule has 1 N–H and O–H groups in total. The van der Waals surface area contributed by atoms with Crippen molar-refractivity contribution in [2.24, 2.45) is 17.0 Å². The van der Waals surface area contributed by atoms with Crippen molar-refractivity contribution in [2.75, 3.05) is 6.54 Å². The number of alkyl halides is 3. The third-order valence-electron chi connectivity index (χ3n) is 4.54. The van der Waals surface area contributed by atoms with Crippen LogP contribution in [0.2, 0.25) is 0 Å². The van der Waals surface area contributed by atoms with E-state index in [1.807, 2.05) is 19.9 Å². The molecule has 3 unspecified atom stereocenters.